The smallest absolute Gasteiger partial charge is 0.290 e. The van der Waals surface area contributed by atoms with Crippen LogP contribution in [0, 0.1) is 0 Å². The predicted molar refractivity (Wildman–Crippen MR) is 102 cm³/mol. The number of benzene rings is 1. The van der Waals surface area contributed by atoms with E-state index in [1.165, 1.54) is 11.2 Å². The molecule has 0 bridgehead atoms. The minimum absolute atomic E-state index is 0.0999. The van der Waals surface area contributed by atoms with Crippen molar-refractivity contribution in [3.8, 4) is 5.75 Å². The number of nitrogens with zero attached hydrogens (tertiary/aromatic N) is 1. The van der Waals surface area contributed by atoms with Crippen molar-refractivity contribution in [1.29, 1.82) is 0 Å². The third-order valence-electron chi connectivity index (χ3n) is 4.44. The number of amides is 1. The number of carbonyl (C=O) groups is 1. The number of fused-ring (bicyclic) bond motifs is 1. The molecule has 4 rings (SSSR count). The first-order valence-electron chi connectivity index (χ1n) is 8.69. The van der Waals surface area contributed by atoms with Crippen molar-refractivity contribution in [1.82, 2.24) is 9.88 Å². The van der Waals surface area contributed by atoms with Crippen molar-refractivity contribution in [2.45, 2.75) is 13.1 Å². The Morgan fingerprint density at radius 2 is 1.89 bits per heavy atom. The van der Waals surface area contributed by atoms with Crippen LogP contribution in [0.25, 0.3) is 10.9 Å². The van der Waals surface area contributed by atoms with Crippen molar-refractivity contribution >= 4 is 16.8 Å². The monoisotopic (exact) mass is 378 g/mol. The van der Waals surface area contributed by atoms with Crippen LogP contribution < -0.4 is 10.3 Å². The Hall–Kier alpha value is -3.74. The van der Waals surface area contributed by atoms with Crippen molar-refractivity contribution in [3.63, 3.8) is 0 Å². The molecule has 0 fully saturated rings. The summed E-state index contributed by atoms with van der Waals surface area (Å²) in [6, 6.07) is 13.9. The predicted octanol–water partition coefficient (Wildman–Crippen LogP) is 3.57. The topological polar surface area (TPSA) is 88.7 Å². The summed E-state index contributed by atoms with van der Waals surface area (Å²) in [7, 11) is 1.58. The van der Waals surface area contributed by atoms with Gasteiger partial charge in [0.15, 0.2) is 5.76 Å². The second kappa shape index (κ2) is 7.48. The Morgan fingerprint density at radius 3 is 2.61 bits per heavy atom. The van der Waals surface area contributed by atoms with Crippen molar-refractivity contribution < 1.29 is 18.4 Å². The first-order chi connectivity index (χ1) is 13.6. The number of carbonyl (C=O) groups excluding carboxylic acids is 1. The number of rotatable bonds is 6. The van der Waals surface area contributed by atoms with E-state index >= 15 is 0 Å². The van der Waals surface area contributed by atoms with Gasteiger partial charge in [-0.2, -0.15) is 0 Å². The fourth-order valence-corrected chi connectivity index (χ4v) is 3.03. The molecule has 3 heterocycles. The molecule has 1 aromatic carbocycles. The molecule has 0 aliphatic rings. The van der Waals surface area contributed by atoms with Crippen LogP contribution in [0.5, 0.6) is 5.75 Å². The molecule has 0 aliphatic carbocycles. The summed E-state index contributed by atoms with van der Waals surface area (Å²) in [5, 5.41) is 0.817. The van der Waals surface area contributed by atoms with Gasteiger partial charge in [0.2, 0.25) is 0 Å². The molecule has 7 heteroatoms. The van der Waals surface area contributed by atoms with Gasteiger partial charge < -0.3 is 23.5 Å². The molecule has 3 aromatic heterocycles. The van der Waals surface area contributed by atoms with Gasteiger partial charge >= 0.3 is 0 Å². The molecule has 1 amide bonds. The van der Waals surface area contributed by atoms with Gasteiger partial charge in [-0.15, -0.1) is 0 Å². The number of furan rings is 2. The number of ether oxygens (including phenoxy) is 1. The number of nitrogens with one attached hydrogen (secondary N) is 1. The number of aromatic amines is 1. The Balaban J connectivity index is 1.70. The SMILES string of the molecule is COc1ccc2[nH]c(=O)c(CN(Cc3ccco3)C(=O)c3ccco3)cc2c1. The highest BCUT2D eigenvalue weighted by Gasteiger charge is 2.21. The fraction of sp³-hybridized carbons (Fsp3) is 0.143. The van der Waals surface area contributed by atoms with E-state index in [4.69, 9.17) is 13.6 Å². The lowest BCUT2D eigenvalue weighted by molar-refractivity contribution is 0.0684. The van der Waals surface area contributed by atoms with E-state index in [0.717, 1.165) is 5.39 Å². The minimum atomic E-state index is -0.327. The Labute approximate surface area is 160 Å². The lowest BCUT2D eigenvalue weighted by atomic mass is 10.1. The molecule has 28 heavy (non-hydrogen) atoms. The normalized spacial score (nSPS) is 10.9. The molecule has 1 N–H and O–H groups in total. The number of H-pyrrole nitrogens is 1. The molecule has 0 atom stereocenters. The van der Waals surface area contributed by atoms with Crippen LogP contribution in [0.15, 0.2) is 74.7 Å². The zero-order chi connectivity index (χ0) is 19.5. The zero-order valence-electron chi connectivity index (χ0n) is 15.2. The summed E-state index contributed by atoms with van der Waals surface area (Å²) in [5.74, 6) is 1.17. The molecule has 0 unspecified atom stereocenters. The first kappa shape index (κ1) is 17.7. The van der Waals surface area contributed by atoms with Crippen molar-refractivity contribution in [2.24, 2.45) is 0 Å². The van der Waals surface area contributed by atoms with Gasteiger partial charge in [0.05, 0.1) is 32.7 Å². The molecule has 0 aliphatic heterocycles. The summed E-state index contributed by atoms with van der Waals surface area (Å²) >= 11 is 0. The maximum atomic E-state index is 12.9. The van der Waals surface area contributed by atoms with Crippen LogP contribution in [0.1, 0.15) is 21.9 Å². The van der Waals surface area contributed by atoms with E-state index in [1.807, 2.05) is 6.07 Å². The number of aromatic nitrogens is 1. The van der Waals surface area contributed by atoms with E-state index in [9.17, 15) is 9.59 Å². The molecule has 0 saturated carbocycles. The van der Waals surface area contributed by atoms with Crippen LogP contribution in [0.4, 0.5) is 0 Å². The largest absolute Gasteiger partial charge is 0.497 e. The quantitative estimate of drug-likeness (QED) is 0.554. The Bertz CT molecular complexity index is 1140. The fourth-order valence-electron chi connectivity index (χ4n) is 3.03. The molecule has 142 valence electrons. The maximum absolute atomic E-state index is 12.9. The molecule has 0 saturated heterocycles. The lowest BCUT2D eigenvalue weighted by Crippen LogP contribution is -2.32. The van der Waals surface area contributed by atoms with E-state index in [0.29, 0.717) is 22.6 Å². The van der Waals surface area contributed by atoms with E-state index in [-0.39, 0.29) is 30.3 Å². The van der Waals surface area contributed by atoms with Gasteiger partial charge in [-0.25, -0.2) is 0 Å². The van der Waals surface area contributed by atoms with Crippen LogP contribution in [0.3, 0.4) is 0 Å². The molecule has 4 aromatic rings. The number of methoxy groups -OCH3 is 1. The number of pyridine rings is 1. The molecular formula is C21H18N2O5. The van der Waals surface area contributed by atoms with Crippen LogP contribution >= 0.6 is 0 Å². The summed E-state index contributed by atoms with van der Waals surface area (Å²) in [6.45, 7) is 0.310. The summed E-state index contributed by atoms with van der Waals surface area (Å²) in [5.41, 5.74) is 0.895. The Kier molecular flexibility index (Phi) is 4.72. The third kappa shape index (κ3) is 3.55. The maximum Gasteiger partial charge on any atom is 0.290 e. The van der Waals surface area contributed by atoms with Gasteiger partial charge in [0, 0.05) is 16.5 Å². The third-order valence-corrected chi connectivity index (χ3v) is 4.44. The van der Waals surface area contributed by atoms with Crippen LogP contribution in [-0.4, -0.2) is 22.9 Å². The second-order valence-electron chi connectivity index (χ2n) is 6.29. The van der Waals surface area contributed by atoms with Gasteiger partial charge in [-0.3, -0.25) is 9.59 Å². The zero-order valence-corrected chi connectivity index (χ0v) is 15.2. The molecular weight excluding hydrogens is 360 g/mol. The van der Waals surface area contributed by atoms with Gasteiger partial charge in [0.1, 0.15) is 11.5 Å². The van der Waals surface area contributed by atoms with Gasteiger partial charge in [-0.1, -0.05) is 0 Å². The number of hydrogen-bond donors (Lipinski definition) is 1. The summed E-state index contributed by atoms with van der Waals surface area (Å²) in [4.78, 5) is 29.8. The van der Waals surface area contributed by atoms with Gasteiger partial charge in [0.25, 0.3) is 11.5 Å². The van der Waals surface area contributed by atoms with Crippen molar-refractivity contribution in [2.75, 3.05) is 7.11 Å². The minimum Gasteiger partial charge on any atom is -0.497 e. The average Bonchev–Trinajstić information content (AvgIpc) is 3.41. The number of hydrogen-bond acceptors (Lipinski definition) is 5. The summed E-state index contributed by atoms with van der Waals surface area (Å²) < 4.78 is 15.9. The molecule has 0 spiro atoms. The first-order valence-corrected chi connectivity index (χ1v) is 8.69. The highest BCUT2D eigenvalue weighted by atomic mass is 16.5. The van der Waals surface area contributed by atoms with Gasteiger partial charge in [-0.05, 0) is 48.5 Å². The lowest BCUT2D eigenvalue weighted by Gasteiger charge is -2.20. The van der Waals surface area contributed by atoms with E-state index in [1.54, 1.807) is 55.8 Å². The van der Waals surface area contributed by atoms with E-state index in [2.05, 4.69) is 4.98 Å². The van der Waals surface area contributed by atoms with E-state index < -0.39 is 0 Å². The standard InChI is InChI=1S/C21H18N2O5/c1-26-16-6-7-18-14(11-16)10-15(20(24)22-18)12-23(13-17-4-2-8-27-17)21(25)19-5-3-9-28-19/h2-11H,12-13H2,1H3,(H,22,24). The Morgan fingerprint density at radius 1 is 1.07 bits per heavy atom. The second-order valence-corrected chi connectivity index (χ2v) is 6.29. The summed E-state index contributed by atoms with van der Waals surface area (Å²) in [6.07, 6.45) is 2.98. The average molecular weight is 378 g/mol. The molecule has 0 radical (unpaired) electrons. The highest BCUT2D eigenvalue weighted by Crippen LogP contribution is 2.20. The van der Waals surface area contributed by atoms with Crippen LogP contribution in [-0.2, 0) is 13.1 Å². The van der Waals surface area contributed by atoms with Crippen LogP contribution in [0.2, 0.25) is 0 Å². The highest BCUT2D eigenvalue weighted by molar-refractivity contribution is 5.91. The van der Waals surface area contributed by atoms with Crippen molar-refractivity contribution in [3.05, 3.63) is 88.5 Å². The molecule has 7 nitrogen and oxygen atoms in total.